The molecule has 0 unspecified atom stereocenters. The summed E-state index contributed by atoms with van der Waals surface area (Å²) >= 11 is 5.12. The molecule has 0 bridgehead atoms. The zero-order valence-corrected chi connectivity index (χ0v) is 17.0. The summed E-state index contributed by atoms with van der Waals surface area (Å²) in [5, 5.41) is 2.04. The number of methoxy groups -OCH3 is 1. The highest BCUT2D eigenvalue weighted by Gasteiger charge is 2.18. The van der Waals surface area contributed by atoms with E-state index in [-0.39, 0.29) is 12.3 Å². The Kier molecular flexibility index (Phi) is 6.06. The molecule has 0 amide bonds. The fourth-order valence-corrected chi connectivity index (χ4v) is 3.97. The number of Topliss-reactive ketones (excluding diaryl/α,β-unsaturated/α-hetero) is 1. The molecule has 0 aliphatic heterocycles. The van der Waals surface area contributed by atoms with Crippen molar-refractivity contribution in [2.75, 3.05) is 18.6 Å². The van der Waals surface area contributed by atoms with Gasteiger partial charge in [-0.1, -0.05) is 12.1 Å². The summed E-state index contributed by atoms with van der Waals surface area (Å²) in [6.07, 6.45) is 1.76. The average Bonchev–Trinajstić information content (AvgIpc) is 3.14. The zero-order chi connectivity index (χ0) is 18.5. The Hall–Kier alpha value is -2.18. The molecule has 2 aromatic heterocycles. The van der Waals surface area contributed by atoms with Crippen molar-refractivity contribution < 1.29 is 9.53 Å². The molecule has 134 valence electrons. The number of thiophene rings is 1. The summed E-state index contributed by atoms with van der Waals surface area (Å²) in [4.78, 5) is 20.6. The molecule has 3 aromatic rings. The quantitative estimate of drug-likeness (QED) is 0.488. The number of ketones is 1. The number of halogens is 1. The number of hydrogen-bond acceptors (Lipinski definition) is 5. The number of rotatable bonds is 7. The third-order valence-electron chi connectivity index (χ3n) is 4.02. The van der Waals surface area contributed by atoms with Crippen molar-refractivity contribution in [3.8, 4) is 5.75 Å². The molecule has 0 saturated carbocycles. The van der Waals surface area contributed by atoms with E-state index in [1.165, 1.54) is 4.88 Å². The Morgan fingerprint density at radius 2 is 2.12 bits per heavy atom. The van der Waals surface area contributed by atoms with Crippen LogP contribution in [0.15, 0.2) is 58.5 Å². The van der Waals surface area contributed by atoms with Gasteiger partial charge >= 0.3 is 0 Å². The molecule has 0 spiro atoms. The number of pyridine rings is 1. The molecule has 0 radical (unpaired) electrons. The van der Waals surface area contributed by atoms with Crippen LogP contribution in [-0.4, -0.2) is 24.4 Å². The van der Waals surface area contributed by atoms with Gasteiger partial charge in [0.2, 0.25) is 0 Å². The van der Waals surface area contributed by atoms with Gasteiger partial charge in [-0.3, -0.25) is 4.79 Å². The lowest BCUT2D eigenvalue weighted by atomic mass is 10.1. The van der Waals surface area contributed by atoms with Crippen LogP contribution in [0.5, 0.6) is 5.75 Å². The molecule has 2 heterocycles. The van der Waals surface area contributed by atoms with Crippen molar-refractivity contribution >= 4 is 38.9 Å². The third kappa shape index (κ3) is 4.31. The van der Waals surface area contributed by atoms with Crippen LogP contribution in [-0.2, 0) is 6.54 Å². The Morgan fingerprint density at radius 1 is 1.27 bits per heavy atom. The van der Waals surface area contributed by atoms with E-state index in [0.29, 0.717) is 17.9 Å². The highest BCUT2D eigenvalue weighted by Crippen LogP contribution is 2.27. The third-order valence-corrected chi connectivity index (χ3v) is 5.50. The van der Waals surface area contributed by atoms with E-state index >= 15 is 0 Å². The summed E-state index contributed by atoms with van der Waals surface area (Å²) < 4.78 is 6.01. The van der Waals surface area contributed by atoms with E-state index in [0.717, 1.165) is 15.9 Å². The highest BCUT2D eigenvalue weighted by molar-refractivity contribution is 9.10. The number of nitrogens with zero attached hydrogens (tertiary/aromatic N) is 2. The van der Waals surface area contributed by atoms with Crippen molar-refractivity contribution in [3.63, 3.8) is 0 Å². The molecular formula is C20H19BrN2O2S. The standard InChI is InChI=1S/C20H19BrN2O2S/c1-14-5-3-9-22-20(14)23(12-16-6-4-10-26-16)13-18(24)15-7-8-19(25-2)17(21)11-15/h3-11H,12-13H2,1-2H3. The minimum Gasteiger partial charge on any atom is -0.496 e. The fraction of sp³-hybridized carbons (Fsp3) is 0.200. The number of benzene rings is 1. The van der Waals surface area contributed by atoms with Crippen molar-refractivity contribution in [1.82, 2.24) is 4.98 Å². The number of carbonyl (C=O) groups excluding carboxylic acids is 1. The van der Waals surface area contributed by atoms with E-state index in [2.05, 4.69) is 27.0 Å². The first-order valence-corrected chi connectivity index (χ1v) is 9.81. The molecule has 0 aliphatic carbocycles. The van der Waals surface area contributed by atoms with Crippen LogP contribution in [0.25, 0.3) is 0 Å². The first-order chi connectivity index (χ1) is 12.6. The van der Waals surface area contributed by atoms with Crippen LogP contribution in [0.4, 0.5) is 5.82 Å². The Balaban J connectivity index is 1.86. The van der Waals surface area contributed by atoms with Crippen LogP contribution >= 0.6 is 27.3 Å². The maximum absolute atomic E-state index is 12.9. The van der Waals surface area contributed by atoms with E-state index in [9.17, 15) is 4.79 Å². The molecule has 26 heavy (non-hydrogen) atoms. The van der Waals surface area contributed by atoms with Gasteiger partial charge in [-0.05, 0) is 64.1 Å². The van der Waals surface area contributed by atoms with E-state index in [1.807, 2.05) is 35.4 Å². The van der Waals surface area contributed by atoms with Gasteiger partial charge in [-0.15, -0.1) is 11.3 Å². The van der Waals surface area contributed by atoms with Gasteiger partial charge < -0.3 is 9.64 Å². The smallest absolute Gasteiger partial charge is 0.182 e. The molecule has 0 saturated heterocycles. The molecule has 0 aliphatic rings. The van der Waals surface area contributed by atoms with Crippen LogP contribution in [0.2, 0.25) is 0 Å². The Labute approximate surface area is 165 Å². The summed E-state index contributed by atoms with van der Waals surface area (Å²) in [5.41, 5.74) is 1.69. The molecule has 0 N–H and O–H groups in total. The van der Waals surface area contributed by atoms with Crippen LogP contribution < -0.4 is 9.64 Å². The summed E-state index contributed by atoms with van der Waals surface area (Å²) in [6, 6.07) is 13.4. The van der Waals surface area contributed by atoms with Gasteiger partial charge in [0.15, 0.2) is 5.78 Å². The predicted molar refractivity (Wildman–Crippen MR) is 109 cm³/mol. The second-order valence-corrected chi connectivity index (χ2v) is 7.74. The maximum Gasteiger partial charge on any atom is 0.182 e. The second kappa shape index (κ2) is 8.47. The monoisotopic (exact) mass is 430 g/mol. The second-order valence-electron chi connectivity index (χ2n) is 5.85. The molecule has 0 fully saturated rings. The van der Waals surface area contributed by atoms with Crippen molar-refractivity contribution in [2.24, 2.45) is 0 Å². The van der Waals surface area contributed by atoms with Crippen molar-refractivity contribution in [2.45, 2.75) is 13.5 Å². The highest BCUT2D eigenvalue weighted by atomic mass is 79.9. The molecular weight excluding hydrogens is 412 g/mol. The summed E-state index contributed by atoms with van der Waals surface area (Å²) in [6.45, 7) is 2.92. The molecule has 1 aromatic carbocycles. The van der Waals surface area contributed by atoms with E-state index in [4.69, 9.17) is 4.74 Å². The number of aryl methyl sites for hydroxylation is 1. The van der Waals surface area contributed by atoms with Gasteiger partial charge in [0, 0.05) is 16.6 Å². The summed E-state index contributed by atoms with van der Waals surface area (Å²) in [7, 11) is 1.61. The zero-order valence-electron chi connectivity index (χ0n) is 14.6. The van der Waals surface area contributed by atoms with E-state index < -0.39 is 0 Å². The van der Waals surface area contributed by atoms with Gasteiger partial charge in [0.1, 0.15) is 11.6 Å². The van der Waals surface area contributed by atoms with Crippen LogP contribution in [0.1, 0.15) is 20.8 Å². The lowest BCUT2D eigenvalue weighted by Gasteiger charge is -2.24. The maximum atomic E-state index is 12.9. The predicted octanol–water partition coefficient (Wildman–Crippen LogP) is 5.11. The van der Waals surface area contributed by atoms with Crippen LogP contribution in [0, 0.1) is 6.92 Å². The van der Waals surface area contributed by atoms with Crippen molar-refractivity contribution in [3.05, 3.63) is 74.5 Å². The normalized spacial score (nSPS) is 10.6. The van der Waals surface area contributed by atoms with Crippen LogP contribution in [0.3, 0.4) is 0 Å². The SMILES string of the molecule is COc1ccc(C(=O)CN(Cc2cccs2)c2ncccc2C)cc1Br. The number of hydrogen-bond donors (Lipinski definition) is 0. The van der Waals surface area contributed by atoms with Gasteiger partial charge in [-0.2, -0.15) is 0 Å². The van der Waals surface area contributed by atoms with Gasteiger partial charge in [0.05, 0.1) is 24.7 Å². The minimum atomic E-state index is 0.0370. The fourth-order valence-electron chi connectivity index (χ4n) is 2.71. The number of ether oxygens (including phenoxy) is 1. The lowest BCUT2D eigenvalue weighted by Crippen LogP contribution is -2.30. The van der Waals surface area contributed by atoms with Gasteiger partial charge in [-0.25, -0.2) is 4.98 Å². The minimum absolute atomic E-state index is 0.0370. The Morgan fingerprint density at radius 3 is 2.77 bits per heavy atom. The molecule has 0 atom stereocenters. The Bertz CT molecular complexity index is 897. The lowest BCUT2D eigenvalue weighted by molar-refractivity contribution is 0.0998. The number of aromatic nitrogens is 1. The van der Waals surface area contributed by atoms with E-state index in [1.54, 1.807) is 42.8 Å². The molecule has 4 nitrogen and oxygen atoms in total. The van der Waals surface area contributed by atoms with Crippen molar-refractivity contribution in [1.29, 1.82) is 0 Å². The van der Waals surface area contributed by atoms with Gasteiger partial charge in [0.25, 0.3) is 0 Å². The number of carbonyl (C=O) groups is 1. The average molecular weight is 431 g/mol. The topological polar surface area (TPSA) is 42.4 Å². The first-order valence-electron chi connectivity index (χ1n) is 8.14. The largest absolute Gasteiger partial charge is 0.496 e. The molecule has 6 heteroatoms. The first kappa shape index (κ1) is 18.6. The number of anilines is 1. The molecule has 3 rings (SSSR count). The summed E-state index contributed by atoms with van der Waals surface area (Å²) in [5.74, 6) is 1.58.